The van der Waals surface area contributed by atoms with Crippen LogP contribution in [0.1, 0.15) is 31.9 Å². The molecule has 140 valence electrons. The zero-order valence-corrected chi connectivity index (χ0v) is 14.2. The summed E-state index contributed by atoms with van der Waals surface area (Å²) in [5.41, 5.74) is -2.16. The van der Waals surface area contributed by atoms with Crippen LogP contribution in [-0.4, -0.2) is 30.8 Å². The van der Waals surface area contributed by atoms with Gasteiger partial charge in [-0.3, -0.25) is 0 Å². The van der Waals surface area contributed by atoms with Crippen LogP contribution < -0.4 is 5.32 Å². The molecule has 1 atom stereocenters. The van der Waals surface area contributed by atoms with E-state index in [1.54, 1.807) is 20.8 Å². The summed E-state index contributed by atoms with van der Waals surface area (Å²) in [5, 5.41) is 2.22. The number of alkyl carbamates (subject to hydrolysis) is 1. The maximum atomic E-state index is 13.9. The first-order chi connectivity index (χ1) is 11.3. The summed E-state index contributed by atoms with van der Waals surface area (Å²) < 4.78 is 61.1. The lowest BCUT2D eigenvalue weighted by atomic mass is 10.0. The van der Waals surface area contributed by atoms with Crippen LogP contribution in [0.25, 0.3) is 0 Å². The van der Waals surface area contributed by atoms with Crippen molar-refractivity contribution in [3.05, 3.63) is 35.1 Å². The molecule has 0 radical (unpaired) electrons. The van der Waals surface area contributed by atoms with E-state index >= 15 is 0 Å². The summed E-state index contributed by atoms with van der Waals surface area (Å²) in [7, 11) is 1.06. The Morgan fingerprint density at radius 3 is 2.24 bits per heavy atom. The third kappa shape index (κ3) is 6.60. The second kappa shape index (κ2) is 7.71. The van der Waals surface area contributed by atoms with Crippen LogP contribution in [0.5, 0.6) is 0 Å². The number of hydrogen-bond acceptors (Lipinski definition) is 4. The minimum atomic E-state index is -4.68. The van der Waals surface area contributed by atoms with Crippen molar-refractivity contribution in [1.29, 1.82) is 0 Å². The fraction of sp³-hybridized carbons (Fsp3) is 0.500. The predicted molar refractivity (Wildman–Crippen MR) is 80.3 cm³/mol. The number of carbonyl (C=O) groups excluding carboxylic acids is 2. The first-order valence-corrected chi connectivity index (χ1v) is 7.26. The minimum Gasteiger partial charge on any atom is -0.467 e. The number of rotatable bonds is 4. The minimum absolute atomic E-state index is 0.181. The normalized spacial score (nSPS) is 13.1. The molecule has 0 fully saturated rings. The van der Waals surface area contributed by atoms with Gasteiger partial charge in [0.15, 0.2) is 0 Å². The molecule has 0 aromatic heterocycles. The molecule has 1 N–H and O–H groups in total. The Labute approximate surface area is 142 Å². The Hall–Kier alpha value is -2.32. The Morgan fingerprint density at radius 1 is 1.20 bits per heavy atom. The Balaban J connectivity index is 2.96. The summed E-state index contributed by atoms with van der Waals surface area (Å²) in [5.74, 6) is -2.03. The van der Waals surface area contributed by atoms with E-state index in [4.69, 9.17) is 4.74 Å². The molecule has 1 rings (SSSR count). The summed E-state index contributed by atoms with van der Waals surface area (Å²) in [6.07, 6.45) is -6.01. The molecule has 1 aromatic carbocycles. The highest BCUT2D eigenvalue weighted by Gasteiger charge is 2.32. The van der Waals surface area contributed by atoms with Crippen LogP contribution in [0, 0.1) is 5.82 Å². The van der Waals surface area contributed by atoms with E-state index in [0.29, 0.717) is 12.1 Å². The summed E-state index contributed by atoms with van der Waals surface area (Å²) >= 11 is 0. The van der Waals surface area contributed by atoms with E-state index in [-0.39, 0.29) is 5.56 Å². The van der Waals surface area contributed by atoms with E-state index in [1.165, 1.54) is 0 Å². The van der Waals surface area contributed by atoms with E-state index in [1.807, 2.05) is 0 Å². The molecule has 1 amide bonds. The van der Waals surface area contributed by atoms with Crippen LogP contribution in [0.3, 0.4) is 0 Å². The first kappa shape index (κ1) is 20.7. The molecular weight excluding hydrogens is 346 g/mol. The fourth-order valence-corrected chi connectivity index (χ4v) is 1.89. The molecule has 1 aromatic rings. The summed E-state index contributed by atoms with van der Waals surface area (Å²) in [6, 6.07) is 0.619. The lowest BCUT2D eigenvalue weighted by Crippen LogP contribution is -2.45. The van der Waals surface area contributed by atoms with E-state index in [2.05, 4.69) is 10.1 Å². The standard InChI is InChI=1S/C16H19F4NO4/c1-15(2,3)25-14(23)21-12(13(22)24-4)7-9-5-6-10(8-11(9)17)16(18,19)20/h5-6,8,12H,7H2,1-4H3,(H,21,23). The number of alkyl halides is 3. The molecular formula is C16H19F4NO4. The molecule has 0 saturated carbocycles. The van der Waals surface area contributed by atoms with Crippen molar-refractivity contribution < 1.29 is 36.6 Å². The average Bonchev–Trinajstić information content (AvgIpc) is 2.44. The highest BCUT2D eigenvalue weighted by molar-refractivity contribution is 5.81. The Bertz CT molecular complexity index is 638. The van der Waals surface area contributed by atoms with Gasteiger partial charge in [-0.2, -0.15) is 13.2 Å². The number of esters is 1. The van der Waals surface area contributed by atoms with Crippen molar-refractivity contribution >= 4 is 12.1 Å². The van der Waals surface area contributed by atoms with Gasteiger partial charge in [-0.05, 0) is 38.5 Å². The van der Waals surface area contributed by atoms with Crippen molar-refractivity contribution in [2.75, 3.05) is 7.11 Å². The van der Waals surface area contributed by atoms with Crippen molar-refractivity contribution in [2.24, 2.45) is 0 Å². The molecule has 0 aliphatic heterocycles. The molecule has 9 heteroatoms. The van der Waals surface area contributed by atoms with E-state index in [9.17, 15) is 27.2 Å². The van der Waals surface area contributed by atoms with Gasteiger partial charge < -0.3 is 14.8 Å². The number of nitrogens with one attached hydrogen (secondary N) is 1. The zero-order valence-electron chi connectivity index (χ0n) is 14.2. The van der Waals surface area contributed by atoms with E-state index in [0.717, 1.165) is 13.2 Å². The lowest BCUT2D eigenvalue weighted by molar-refractivity contribution is -0.143. The maximum absolute atomic E-state index is 13.9. The van der Waals surface area contributed by atoms with Gasteiger partial charge in [0, 0.05) is 6.42 Å². The smallest absolute Gasteiger partial charge is 0.416 e. The van der Waals surface area contributed by atoms with E-state index < -0.39 is 47.7 Å². The highest BCUT2D eigenvalue weighted by Crippen LogP contribution is 2.30. The van der Waals surface area contributed by atoms with Gasteiger partial charge in [-0.15, -0.1) is 0 Å². The quantitative estimate of drug-likeness (QED) is 0.656. The van der Waals surface area contributed by atoms with Crippen molar-refractivity contribution in [2.45, 2.75) is 45.0 Å². The topological polar surface area (TPSA) is 64.6 Å². The van der Waals surface area contributed by atoms with Gasteiger partial charge in [-0.25, -0.2) is 14.0 Å². The summed E-state index contributed by atoms with van der Waals surface area (Å²) in [6.45, 7) is 4.82. The number of methoxy groups -OCH3 is 1. The zero-order chi connectivity index (χ0) is 19.4. The number of amides is 1. The van der Waals surface area contributed by atoms with Gasteiger partial charge in [0.2, 0.25) is 0 Å². The van der Waals surface area contributed by atoms with Gasteiger partial charge in [0.05, 0.1) is 12.7 Å². The molecule has 25 heavy (non-hydrogen) atoms. The molecule has 0 heterocycles. The first-order valence-electron chi connectivity index (χ1n) is 7.26. The number of benzene rings is 1. The largest absolute Gasteiger partial charge is 0.467 e. The van der Waals surface area contributed by atoms with Crippen molar-refractivity contribution in [3.8, 4) is 0 Å². The van der Waals surface area contributed by atoms with Crippen LogP contribution in [-0.2, 0) is 26.9 Å². The van der Waals surface area contributed by atoms with Crippen molar-refractivity contribution in [1.82, 2.24) is 5.32 Å². The van der Waals surface area contributed by atoms with Crippen LogP contribution in [0.4, 0.5) is 22.4 Å². The Kier molecular flexibility index (Phi) is 6.39. The van der Waals surface area contributed by atoms with Gasteiger partial charge >= 0.3 is 18.2 Å². The maximum Gasteiger partial charge on any atom is 0.416 e. The van der Waals surface area contributed by atoms with Crippen LogP contribution in [0.2, 0.25) is 0 Å². The third-order valence-electron chi connectivity index (χ3n) is 2.98. The molecule has 0 aliphatic rings. The second-order valence-corrected chi connectivity index (χ2v) is 6.23. The third-order valence-corrected chi connectivity index (χ3v) is 2.98. The van der Waals surface area contributed by atoms with Crippen molar-refractivity contribution in [3.63, 3.8) is 0 Å². The average molecular weight is 365 g/mol. The highest BCUT2D eigenvalue weighted by atomic mass is 19.4. The number of ether oxygens (including phenoxy) is 2. The number of hydrogen-bond donors (Lipinski definition) is 1. The molecule has 1 unspecified atom stereocenters. The molecule has 0 aliphatic carbocycles. The lowest BCUT2D eigenvalue weighted by Gasteiger charge is -2.22. The number of carbonyl (C=O) groups is 2. The summed E-state index contributed by atoms with van der Waals surface area (Å²) in [4.78, 5) is 23.5. The number of halogens is 4. The van der Waals surface area contributed by atoms with Gasteiger partial charge in [-0.1, -0.05) is 6.07 Å². The Morgan fingerprint density at radius 2 is 1.80 bits per heavy atom. The predicted octanol–water partition coefficient (Wildman–Crippen LogP) is 3.45. The molecule has 0 spiro atoms. The molecule has 5 nitrogen and oxygen atoms in total. The van der Waals surface area contributed by atoms with Gasteiger partial charge in [0.1, 0.15) is 17.5 Å². The molecule has 0 bridgehead atoms. The molecule has 0 saturated heterocycles. The fourth-order valence-electron chi connectivity index (χ4n) is 1.89. The van der Waals surface area contributed by atoms with Crippen LogP contribution in [0.15, 0.2) is 18.2 Å². The SMILES string of the molecule is COC(=O)C(Cc1ccc(C(F)(F)F)cc1F)NC(=O)OC(C)(C)C. The van der Waals surface area contributed by atoms with Crippen LogP contribution >= 0.6 is 0 Å². The second-order valence-electron chi connectivity index (χ2n) is 6.23. The van der Waals surface area contributed by atoms with Gasteiger partial charge in [0.25, 0.3) is 0 Å². The monoisotopic (exact) mass is 365 g/mol.